The zero-order chi connectivity index (χ0) is 21.1. The van der Waals surface area contributed by atoms with Gasteiger partial charge in [-0.05, 0) is 57.4 Å². The van der Waals surface area contributed by atoms with Crippen molar-refractivity contribution in [3.63, 3.8) is 0 Å². The molecule has 8 heteroatoms. The van der Waals surface area contributed by atoms with Gasteiger partial charge in [0.15, 0.2) is 11.5 Å². The lowest BCUT2D eigenvalue weighted by atomic mass is 9.88. The van der Waals surface area contributed by atoms with Crippen molar-refractivity contribution >= 4 is 17.5 Å². The van der Waals surface area contributed by atoms with E-state index in [0.29, 0.717) is 32.4 Å². The number of nitrogens with one attached hydrogen (secondary N) is 1. The van der Waals surface area contributed by atoms with Gasteiger partial charge in [0.05, 0.1) is 17.9 Å². The van der Waals surface area contributed by atoms with Gasteiger partial charge in [-0.15, -0.1) is 0 Å². The van der Waals surface area contributed by atoms with Crippen molar-refractivity contribution in [3.8, 4) is 5.82 Å². The third kappa shape index (κ3) is 2.80. The lowest BCUT2D eigenvalue weighted by Crippen LogP contribution is -2.56. The van der Waals surface area contributed by atoms with Crippen LogP contribution in [0, 0.1) is 0 Å². The Bertz CT molecular complexity index is 1010. The van der Waals surface area contributed by atoms with E-state index in [-0.39, 0.29) is 18.5 Å². The number of nitrogens with zero attached hydrogens (tertiary/aromatic N) is 4. The number of hydrogen-bond acceptors (Lipinski definition) is 4. The first-order valence-corrected chi connectivity index (χ1v) is 10.5. The Morgan fingerprint density at radius 3 is 2.77 bits per heavy atom. The summed E-state index contributed by atoms with van der Waals surface area (Å²) in [6, 6.07) is 7.81. The molecule has 0 bridgehead atoms. The van der Waals surface area contributed by atoms with Crippen LogP contribution in [0.5, 0.6) is 0 Å². The van der Waals surface area contributed by atoms with Crippen LogP contribution in [0.3, 0.4) is 0 Å². The molecule has 1 atom stereocenters. The SMILES string of the molecule is CC(C)NC(=O)CN1c2cccnc2-n2cccc2C12CCN(C(=O)C1(F)CC1)C2. The fourth-order valence-corrected chi connectivity index (χ4v) is 4.85. The summed E-state index contributed by atoms with van der Waals surface area (Å²) in [6.07, 6.45) is 4.92. The molecular formula is C22H26FN5O2. The molecule has 0 radical (unpaired) electrons. The number of amides is 2. The van der Waals surface area contributed by atoms with E-state index in [4.69, 9.17) is 0 Å². The highest BCUT2D eigenvalue weighted by molar-refractivity contribution is 5.89. The highest BCUT2D eigenvalue weighted by atomic mass is 19.1. The molecule has 30 heavy (non-hydrogen) atoms. The Hall–Kier alpha value is -2.90. The third-order valence-electron chi connectivity index (χ3n) is 6.39. The smallest absolute Gasteiger partial charge is 0.260 e. The normalized spacial score (nSPS) is 23.5. The molecule has 0 aromatic carbocycles. The average Bonchev–Trinajstić information content (AvgIpc) is 3.12. The predicted molar refractivity (Wildman–Crippen MR) is 110 cm³/mol. The van der Waals surface area contributed by atoms with Gasteiger partial charge in [0.2, 0.25) is 5.91 Å². The highest BCUT2D eigenvalue weighted by Crippen LogP contribution is 2.49. The van der Waals surface area contributed by atoms with E-state index < -0.39 is 17.1 Å². The minimum Gasteiger partial charge on any atom is -0.352 e. The molecule has 2 aromatic heterocycles. The number of carbonyl (C=O) groups excluding carboxylic acids is 2. The van der Waals surface area contributed by atoms with E-state index in [1.807, 2.05) is 48.9 Å². The molecule has 1 saturated heterocycles. The Morgan fingerprint density at radius 2 is 2.03 bits per heavy atom. The molecule has 2 amide bonds. The summed E-state index contributed by atoms with van der Waals surface area (Å²) < 4.78 is 16.6. The van der Waals surface area contributed by atoms with Crippen LogP contribution in [-0.2, 0) is 15.1 Å². The van der Waals surface area contributed by atoms with E-state index in [0.717, 1.165) is 17.2 Å². The molecule has 1 aliphatic carbocycles. The molecule has 4 heterocycles. The van der Waals surface area contributed by atoms with Gasteiger partial charge in [-0.1, -0.05) is 0 Å². The van der Waals surface area contributed by atoms with Crippen LogP contribution in [0.25, 0.3) is 5.82 Å². The molecule has 1 saturated carbocycles. The molecule has 2 aromatic rings. The van der Waals surface area contributed by atoms with Crippen molar-refractivity contribution in [2.24, 2.45) is 0 Å². The number of anilines is 1. The van der Waals surface area contributed by atoms with Gasteiger partial charge in [-0.3, -0.25) is 9.59 Å². The van der Waals surface area contributed by atoms with Crippen LogP contribution in [0.4, 0.5) is 10.1 Å². The van der Waals surface area contributed by atoms with Gasteiger partial charge >= 0.3 is 0 Å². The van der Waals surface area contributed by atoms with Gasteiger partial charge in [0, 0.05) is 31.5 Å². The molecule has 7 nitrogen and oxygen atoms in total. The van der Waals surface area contributed by atoms with Crippen LogP contribution in [-0.4, -0.2) is 57.6 Å². The summed E-state index contributed by atoms with van der Waals surface area (Å²) in [5.41, 5.74) is -0.475. The minimum atomic E-state index is -1.69. The molecule has 1 N–H and O–H groups in total. The van der Waals surface area contributed by atoms with Crippen LogP contribution in [0.1, 0.15) is 38.8 Å². The van der Waals surface area contributed by atoms with Crippen molar-refractivity contribution in [2.45, 2.75) is 50.4 Å². The number of pyridine rings is 1. The molecule has 158 valence electrons. The van der Waals surface area contributed by atoms with E-state index in [1.54, 1.807) is 11.1 Å². The lowest BCUT2D eigenvalue weighted by Gasteiger charge is -2.46. The van der Waals surface area contributed by atoms with Crippen LogP contribution >= 0.6 is 0 Å². The highest BCUT2D eigenvalue weighted by Gasteiger charge is 2.57. The fraction of sp³-hybridized carbons (Fsp3) is 0.500. The standard InChI is InChI=1S/C22H26FN5O2/c1-15(2)25-18(29)13-28-16-5-3-10-24-19(16)27-11-4-6-17(27)22(28)9-12-26(14-22)20(30)21(23)7-8-21/h3-6,10-11,15H,7-9,12-14H2,1-2H3,(H,25,29). The van der Waals surface area contributed by atoms with E-state index >= 15 is 0 Å². The molecular weight excluding hydrogens is 385 g/mol. The van der Waals surface area contributed by atoms with E-state index in [2.05, 4.69) is 15.2 Å². The Balaban J connectivity index is 1.57. The number of alkyl halides is 1. The van der Waals surface area contributed by atoms with E-state index in [9.17, 15) is 14.0 Å². The maximum Gasteiger partial charge on any atom is 0.260 e. The summed E-state index contributed by atoms with van der Waals surface area (Å²) in [5, 5.41) is 2.96. The number of rotatable bonds is 4. The van der Waals surface area contributed by atoms with Crippen molar-refractivity contribution < 1.29 is 14.0 Å². The minimum absolute atomic E-state index is 0.0263. The number of hydrogen-bond donors (Lipinski definition) is 1. The number of aromatic nitrogens is 2. The van der Waals surface area contributed by atoms with Crippen molar-refractivity contribution in [1.82, 2.24) is 19.8 Å². The third-order valence-corrected chi connectivity index (χ3v) is 6.39. The maximum absolute atomic E-state index is 14.5. The molecule has 1 unspecified atom stereocenters. The summed E-state index contributed by atoms with van der Waals surface area (Å²) >= 11 is 0. The molecule has 2 aliphatic heterocycles. The van der Waals surface area contributed by atoms with Gasteiger partial charge in [-0.2, -0.15) is 0 Å². The van der Waals surface area contributed by atoms with Crippen LogP contribution in [0.15, 0.2) is 36.7 Å². The average molecular weight is 411 g/mol. The predicted octanol–water partition coefficient (Wildman–Crippen LogP) is 2.15. The molecule has 3 aliphatic rings. The number of likely N-dealkylation sites (tertiary alicyclic amines) is 1. The van der Waals surface area contributed by atoms with Crippen molar-refractivity contribution in [2.75, 3.05) is 24.5 Å². The van der Waals surface area contributed by atoms with Crippen LogP contribution in [0.2, 0.25) is 0 Å². The first kappa shape index (κ1) is 19.1. The second-order valence-electron chi connectivity index (χ2n) is 8.89. The first-order valence-electron chi connectivity index (χ1n) is 10.5. The first-order chi connectivity index (χ1) is 14.3. The molecule has 2 fully saturated rings. The second kappa shape index (κ2) is 6.55. The van der Waals surface area contributed by atoms with Crippen molar-refractivity contribution in [3.05, 3.63) is 42.4 Å². The Kier molecular flexibility index (Phi) is 4.17. The largest absolute Gasteiger partial charge is 0.352 e. The van der Waals surface area contributed by atoms with Gasteiger partial charge in [-0.25, -0.2) is 9.37 Å². The zero-order valence-electron chi connectivity index (χ0n) is 17.3. The van der Waals surface area contributed by atoms with Gasteiger partial charge in [0.1, 0.15) is 5.54 Å². The zero-order valence-corrected chi connectivity index (χ0v) is 17.3. The summed E-state index contributed by atoms with van der Waals surface area (Å²) in [5.74, 6) is 0.253. The maximum atomic E-state index is 14.5. The van der Waals surface area contributed by atoms with Gasteiger partial charge in [0.25, 0.3) is 5.91 Å². The summed E-state index contributed by atoms with van der Waals surface area (Å²) in [7, 11) is 0. The molecule has 1 spiro atoms. The Labute approximate surface area is 174 Å². The number of fused-ring (bicyclic) bond motifs is 4. The quantitative estimate of drug-likeness (QED) is 0.837. The van der Waals surface area contributed by atoms with Crippen LogP contribution < -0.4 is 10.2 Å². The molecule has 5 rings (SSSR count). The summed E-state index contributed by atoms with van der Waals surface area (Å²) in [4.78, 5) is 33.8. The topological polar surface area (TPSA) is 70.5 Å². The summed E-state index contributed by atoms with van der Waals surface area (Å²) in [6.45, 7) is 4.82. The number of carbonyl (C=O) groups is 2. The number of halogens is 1. The van der Waals surface area contributed by atoms with Crippen molar-refractivity contribution in [1.29, 1.82) is 0 Å². The second-order valence-corrected chi connectivity index (χ2v) is 8.89. The fourth-order valence-electron chi connectivity index (χ4n) is 4.85. The van der Waals surface area contributed by atoms with E-state index in [1.165, 1.54) is 0 Å². The lowest BCUT2D eigenvalue weighted by molar-refractivity contribution is -0.137. The Morgan fingerprint density at radius 1 is 1.23 bits per heavy atom. The monoisotopic (exact) mass is 411 g/mol. The van der Waals surface area contributed by atoms with Gasteiger partial charge < -0.3 is 19.7 Å².